The van der Waals surface area contributed by atoms with Gasteiger partial charge in [-0.2, -0.15) is 0 Å². The molecule has 142 valence electrons. The molecule has 8 heteroatoms. The van der Waals surface area contributed by atoms with Crippen LogP contribution in [0.1, 0.15) is 22.6 Å². The third-order valence-electron chi connectivity index (χ3n) is 5.20. The van der Waals surface area contributed by atoms with E-state index in [-0.39, 0.29) is 12.0 Å². The lowest BCUT2D eigenvalue weighted by atomic mass is 10.1. The van der Waals surface area contributed by atoms with Gasteiger partial charge in [-0.05, 0) is 24.6 Å². The number of fused-ring (bicyclic) bond motifs is 1. The van der Waals surface area contributed by atoms with Crippen LogP contribution in [0.25, 0.3) is 11.0 Å². The lowest BCUT2D eigenvalue weighted by Gasteiger charge is -2.17. The second-order valence-corrected chi connectivity index (χ2v) is 7.18. The Morgan fingerprint density at radius 3 is 2.85 bits per heavy atom. The molecule has 1 N–H and O–H groups in total. The van der Waals surface area contributed by atoms with Gasteiger partial charge in [-0.1, -0.05) is 0 Å². The van der Waals surface area contributed by atoms with E-state index in [1.807, 2.05) is 47.6 Å². The fourth-order valence-electron chi connectivity index (χ4n) is 3.58. The van der Waals surface area contributed by atoms with Gasteiger partial charge in [-0.15, -0.1) is 0 Å². The van der Waals surface area contributed by atoms with E-state index in [9.17, 15) is 9.90 Å². The SMILES string of the molecule is CN(Cc1nccn1C)C(=O)c1ccc2c(c1)nc(N1CC[C@H](O)C1)n2C. The number of hydrogen-bond donors (Lipinski definition) is 1. The Hall–Kier alpha value is -2.87. The first-order chi connectivity index (χ1) is 12.9. The molecule has 1 aliphatic rings. The van der Waals surface area contributed by atoms with Crippen LogP contribution < -0.4 is 4.90 Å². The molecule has 0 radical (unpaired) electrons. The lowest BCUT2D eigenvalue weighted by molar-refractivity contribution is 0.0780. The second-order valence-electron chi connectivity index (χ2n) is 7.18. The fraction of sp³-hybridized carbons (Fsp3) is 0.421. The van der Waals surface area contributed by atoms with Crippen LogP contribution in [0, 0.1) is 0 Å². The van der Waals surface area contributed by atoms with E-state index in [1.165, 1.54) is 0 Å². The summed E-state index contributed by atoms with van der Waals surface area (Å²) < 4.78 is 3.92. The number of carbonyl (C=O) groups excluding carboxylic acids is 1. The summed E-state index contributed by atoms with van der Waals surface area (Å²) in [7, 11) is 5.65. The summed E-state index contributed by atoms with van der Waals surface area (Å²) in [5.41, 5.74) is 2.35. The van der Waals surface area contributed by atoms with Crippen molar-refractivity contribution in [1.82, 2.24) is 24.0 Å². The first kappa shape index (κ1) is 17.5. The van der Waals surface area contributed by atoms with Crippen LogP contribution in [0.3, 0.4) is 0 Å². The van der Waals surface area contributed by atoms with Crippen LogP contribution in [0.15, 0.2) is 30.6 Å². The molecular formula is C19H24N6O2. The Bertz CT molecular complexity index is 991. The highest BCUT2D eigenvalue weighted by Crippen LogP contribution is 2.25. The largest absolute Gasteiger partial charge is 0.391 e. The molecule has 1 amide bonds. The van der Waals surface area contributed by atoms with E-state index in [1.54, 1.807) is 18.1 Å². The molecule has 0 unspecified atom stereocenters. The number of aryl methyl sites for hydroxylation is 2. The lowest BCUT2D eigenvalue weighted by Crippen LogP contribution is -2.27. The topological polar surface area (TPSA) is 79.4 Å². The number of aromatic nitrogens is 4. The van der Waals surface area contributed by atoms with Crippen molar-refractivity contribution in [2.75, 3.05) is 25.0 Å². The van der Waals surface area contributed by atoms with Crippen molar-refractivity contribution in [3.05, 3.63) is 42.0 Å². The number of hydrogen-bond acceptors (Lipinski definition) is 5. The van der Waals surface area contributed by atoms with Gasteiger partial charge in [-0.3, -0.25) is 4.79 Å². The first-order valence-electron chi connectivity index (χ1n) is 9.05. The molecule has 3 aromatic rings. The second kappa shape index (κ2) is 6.70. The number of imidazole rings is 2. The van der Waals surface area contributed by atoms with Crippen molar-refractivity contribution in [3.8, 4) is 0 Å². The van der Waals surface area contributed by atoms with E-state index in [0.717, 1.165) is 35.8 Å². The van der Waals surface area contributed by atoms with Crippen molar-refractivity contribution in [3.63, 3.8) is 0 Å². The highest BCUT2D eigenvalue weighted by molar-refractivity contribution is 5.97. The monoisotopic (exact) mass is 368 g/mol. The molecule has 3 heterocycles. The molecular weight excluding hydrogens is 344 g/mol. The molecule has 1 saturated heterocycles. The van der Waals surface area contributed by atoms with Crippen LogP contribution in [-0.2, 0) is 20.6 Å². The van der Waals surface area contributed by atoms with Gasteiger partial charge in [0, 0.05) is 52.2 Å². The predicted octanol–water partition coefficient (Wildman–Crippen LogP) is 1.15. The molecule has 8 nitrogen and oxygen atoms in total. The quantitative estimate of drug-likeness (QED) is 0.747. The summed E-state index contributed by atoms with van der Waals surface area (Å²) >= 11 is 0. The molecule has 1 atom stereocenters. The van der Waals surface area contributed by atoms with E-state index < -0.39 is 0 Å². The van der Waals surface area contributed by atoms with E-state index in [2.05, 4.69) is 9.88 Å². The normalized spacial score (nSPS) is 17.0. The Balaban J connectivity index is 1.59. The third-order valence-corrected chi connectivity index (χ3v) is 5.20. The van der Waals surface area contributed by atoms with Gasteiger partial charge >= 0.3 is 0 Å². The Labute approximate surface area is 157 Å². The average Bonchev–Trinajstić information content (AvgIpc) is 3.34. The van der Waals surface area contributed by atoms with E-state index in [0.29, 0.717) is 18.7 Å². The van der Waals surface area contributed by atoms with Crippen molar-refractivity contribution in [2.24, 2.45) is 14.1 Å². The standard InChI is InChI=1S/C19H24N6O2/c1-22-9-7-20-17(22)12-23(2)18(27)13-4-5-16-15(10-13)21-19(24(16)3)25-8-6-14(26)11-25/h4-5,7,9-10,14,26H,6,8,11-12H2,1-3H3/t14-/m0/s1. The molecule has 0 spiro atoms. The van der Waals surface area contributed by atoms with Crippen LogP contribution in [-0.4, -0.2) is 61.3 Å². The molecule has 1 fully saturated rings. The van der Waals surface area contributed by atoms with Gasteiger partial charge in [0.2, 0.25) is 5.95 Å². The van der Waals surface area contributed by atoms with Crippen molar-refractivity contribution in [1.29, 1.82) is 0 Å². The van der Waals surface area contributed by atoms with E-state index in [4.69, 9.17) is 4.98 Å². The number of amides is 1. The summed E-state index contributed by atoms with van der Waals surface area (Å²) in [4.78, 5) is 25.6. The number of carbonyl (C=O) groups is 1. The summed E-state index contributed by atoms with van der Waals surface area (Å²) in [5.74, 6) is 1.59. The first-order valence-corrected chi connectivity index (χ1v) is 9.05. The van der Waals surface area contributed by atoms with Crippen molar-refractivity contribution in [2.45, 2.75) is 19.1 Å². The highest BCUT2D eigenvalue weighted by atomic mass is 16.3. The Morgan fingerprint density at radius 1 is 1.37 bits per heavy atom. The minimum atomic E-state index is -0.304. The molecule has 4 rings (SSSR count). The zero-order chi connectivity index (χ0) is 19.1. The van der Waals surface area contributed by atoms with Crippen LogP contribution >= 0.6 is 0 Å². The molecule has 0 bridgehead atoms. The summed E-state index contributed by atoms with van der Waals surface area (Å²) in [6.07, 6.45) is 4.04. The van der Waals surface area contributed by atoms with Gasteiger partial charge in [0.1, 0.15) is 5.82 Å². The summed E-state index contributed by atoms with van der Waals surface area (Å²) in [5, 5.41) is 9.79. The number of benzene rings is 1. The summed E-state index contributed by atoms with van der Waals surface area (Å²) in [6, 6.07) is 5.60. The van der Waals surface area contributed by atoms with Gasteiger partial charge in [0.25, 0.3) is 5.91 Å². The van der Waals surface area contributed by atoms with Gasteiger partial charge in [0.15, 0.2) is 0 Å². The smallest absolute Gasteiger partial charge is 0.254 e. The number of β-amino-alcohol motifs (C(OH)–C–C–N with tert-alkyl or cyclic N) is 1. The van der Waals surface area contributed by atoms with Crippen LogP contribution in [0.5, 0.6) is 0 Å². The van der Waals surface area contributed by atoms with Crippen molar-refractivity contribution >= 4 is 22.9 Å². The molecule has 2 aromatic heterocycles. The molecule has 1 aliphatic heterocycles. The number of aliphatic hydroxyl groups is 1. The maximum absolute atomic E-state index is 12.8. The van der Waals surface area contributed by atoms with E-state index >= 15 is 0 Å². The van der Waals surface area contributed by atoms with Crippen LogP contribution in [0.4, 0.5) is 5.95 Å². The zero-order valence-electron chi connectivity index (χ0n) is 15.8. The fourth-order valence-corrected chi connectivity index (χ4v) is 3.58. The third kappa shape index (κ3) is 3.16. The molecule has 0 aliphatic carbocycles. The summed E-state index contributed by atoms with van der Waals surface area (Å²) in [6.45, 7) is 1.82. The predicted molar refractivity (Wildman–Crippen MR) is 103 cm³/mol. The Morgan fingerprint density at radius 2 is 2.19 bits per heavy atom. The number of anilines is 1. The van der Waals surface area contributed by atoms with Crippen molar-refractivity contribution < 1.29 is 9.90 Å². The highest BCUT2D eigenvalue weighted by Gasteiger charge is 2.24. The van der Waals surface area contributed by atoms with Gasteiger partial charge < -0.3 is 24.0 Å². The number of nitrogens with zero attached hydrogens (tertiary/aromatic N) is 6. The Kier molecular flexibility index (Phi) is 4.35. The van der Waals surface area contributed by atoms with Crippen LogP contribution in [0.2, 0.25) is 0 Å². The number of rotatable bonds is 4. The molecule has 1 aromatic carbocycles. The average molecular weight is 368 g/mol. The molecule has 27 heavy (non-hydrogen) atoms. The molecule has 0 saturated carbocycles. The minimum Gasteiger partial charge on any atom is -0.391 e. The minimum absolute atomic E-state index is 0.0660. The van der Waals surface area contributed by atoms with Gasteiger partial charge in [0.05, 0.1) is 23.7 Å². The zero-order valence-corrected chi connectivity index (χ0v) is 15.8. The maximum Gasteiger partial charge on any atom is 0.254 e. The van der Waals surface area contributed by atoms with Gasteiger partial charge in [-0.25, -0.2) is 9.97 Å². The maximum atomic E-state index is 12.8. The number of aliphatic hydroxyl groups excluding tert-OH is 1.